The first-order valence-corrected chi connectivity index (χ1v) is 15.1. The number of anilines is 1. The fourth-order valence-electron chi connectivity index (χ4n) is 4.60. The van der Waals surface area contributed by atoms with Gasteiger partial charge >= 0.3 is 12.4 Å². The van der Waals surface area contributed by atoms with E-state index in [0.717, 1.165) is 36.4 Å². The Bertz CT molecular complexity index is 1590. The predicted molar refractivity (Wildman–Crippen MR) is 144 cm³/mol. The van der Waals surface area contributed by atoms with Gasteiger partial charge in [0, 0.05) is 34.5 Å². The molecule has 43 heavy (non-hydrogen) atoms. The molecule has 3 aromatic rings. The maximum absolute atomic E-state index is 14.3. The van der Waals surface area contributed by atoms with Gasteiger partial charge in [-0.25, -0.2) is 12.8 Å². The van der Waals surface area contributed by atoms with Gasteiger partial charge in [0.2, 0.25) is 5.91 Å². The third-order valence-electron chi connectivity index (χ3n) is 6.51. The molecular weight excluding hydrogens is 625 g/mol. The average Bonchev–Trinajstić information content (AvgIpc) is 2.92. The maximum Gasteiger partial charge on any atom is 0.418 e. The lowest BCUT2D eigenvalue weighted by atomic mass is 9.92. The Balaban J connectivity index is 1.67. The Kier molecular flexibility index (Phi) is 9.66. The SMILES string of the molecule is CC(Cc1ccc(Sc2cccc(NS(=O)(=O)c3cccc(F)c3)c2)c(C(F)(F)F)c1C(F)(F)F)C(=O)N1CCOCC1. The molecule has 1 unspecified atom stereocenters. The number of alkyl halides is 6. The zero-order valence-corrected chi connectivity index (χ0v) is 24.1. The molecule has 1 saturated heterocycles. The summed E-state index contributed by atoms with van der Waals surface area (Å²) in [6.45, 7) is 2.34. The third kappa shape index (κ3) is 8.00. The van der Waals surface area contributed by atoms with Gasteiger partial charge in [-0.2, -0.15) is 26.3 Å². The van der Waals surface area contributed by atoms with Crippen molar-refractivity contribution in [3.63, 3.8) is 0 Å². The summed E-state index contributed by atoms with van der Waals surface area (Å²) in [4.78, 5) is 13.0. The van der Waals surface area contributed by atoms with Gasteiger partial charge in [0.15, 0.2) is 0 Å². The van der Waals surface area contributed by atoms with E-state index in [1.54, 1.807) is 0 Å². The zero-order chi connectivity index (χ0) is 31.6. The molecule has 1 amide bonds. The standard InChI is InChI=1S/C28H25F7N2O4S2/c1-17(26(38)37-10-12-41-13-11-37)14-18-8-9-23(25(28(33,34)35)24(18)27(30,31)32)42-21-6-3-5-20(16-21)36-43(39,40)22-7-2-4-19(29)15-22/h2-9,15-17,36H,10-14H2,1H3. The van der Waals surface area contributed by atoms with Crippen LogP contribution in [0, 0.1) is 11.7 Å². The largest absolute Gasteiger partial charge is 0.418 e. The quantitative estimate of drug-likeness (QED) is 0.270. The smallest absolute Gasteiger partial charge is 0.378 e. The number of nitrogens with zero attached hydrogens (tertiary/aromatic N) is 1. The molecule has 0 saturated carbocycles. The number of hydrogen-bond acceptors (Lipinski definition) is 5. The Morgan fingerprint density at radius 3 is 2.23 bits per heavy atom. The fraction of sp³-hybridized carbons (Fsp3) is 0.321. The van der Waals surface area contributed by atoms with E-state index in [4.69, 9.17) is 4.74 Å². The van der Waals surface area contributed by atoms with Crippen LogP contribution in [0.3, 0.4) is 0 Å². The van der Waals surface area contributed by atoms with Crippen molar-refractivity contribution in [2.24, 2.45) is 5.92 Å². The molecule has 232 valence electrons. The summed E-state index contributed by atoms with van der Waals surface area (Å²) < 4.78 is 132. The first-order chi connectivity index (χ1) is 20.1. The first kappa shape index (κ1) is 32.6. The molecule has 0 aliphatic carbocycles. The van der Waals surface area contributed by atoms with E-state index in [1.165, 1.54) is 36.1 Å². The molecule has 1 atom stereocenters. The van der Waals surface area contributed by atoms with Crippen LogP contribution < -0.4 is 4.72 Å². The molecule has 0 aromatic heterocycles. The third-order valence-corrected chi connectivity index (χ3v) is 8.94. The summed E-state index contributed by atoms with van der Waals surface area (Å²) in [7, 11) is -4.28. The Labute approximate surface area is 247 Å². The summed E-state index contributed by atoms with van der Waals surface area (Å²) in [5.41, 5.74) is -4.56. The van der Waals surface area contributed by atoms with Gasteiger partial charge in [-0.15, -0.1) is 0 Å². The van der Waals surface area contributed by atoms with Gasteiger partial charge in [0.1, 0.15) is 5.82 Å². The van der Waals surface area contributed by atoms with E-state index in [-0.39, 0.29) is 36.9 Å². The topological polar surface area (TPSA) is 75.7 Å². The summed E-state index contributed by atoms with van der Waals surface area (Å²) in [5.74, 6) is -2.32. The molecule has 1 aliphatic rings. The number of morpholine rings is 1. The van der Waals surface area contributed by atoms with Gasteiger partial charge in [-0.3, -0.25) is 9.52 Å². The number of carbonyl (C=O) groups is 1. The van der Waals surface area contributed by atoms with Crippen molar-refractivity contribution in [1.82, 2.24) is 4.90 Å². The number of nitrogens with one attached hydrogen (secondary N) is 1. The average molecular weight is 651 g/mol. The van der Waals surface area contributed by atoms with Crippen molar-refractivity contribution in [2.45, 2.75) is 40.4 Å². The molecule has 1 aliphatic heterocycles. The molecule has 3 aromatic carbocycles. The van der Waals surface area contributed by atoms with Crippen molar-refractivity contribution in [2.75, 3.05) is 31.0 Å². The van der Waals surface area contributed by atoms with Crippen molar-refractivity contribution in [1.29, 1.82) is 0 Å². The number of carbonyl (C=O) groups excluding carboxylic acids is 1. The number of hydrogen-bond donors (Lipinski definition) is 1. The Morgan fingerprint density at radius 1 is 0.953 bits per heavy atom. The predicted octanol–water partition coefficient (Wildman–Crippen LogP) is 6.85. The van der Waals surface area contributed by atoms with Gasteiger partial charge in [-0.05, 0) is 54.4 Å². The summed E-state index contributed by atoms with van der Waals surface area (Å²) in [6, 6.07) is 11.0. The minimum Gasteiger partial charge on any atom is -0.378 e. The highest BCUT2D eigenvalue weighted by Crippen LogP contribution is 2.48. The van der Waals surface area contributed by atoms with Crippen molar-refractivity contribution in [3.05, 3.63) is 83.2 Å². The van der Waals surface area contributed by atoms with Crippen LogP contribution in [-0.2, 0) is 38.3 Å². The summed E-state index contributed by atoms with van der Waals surface area (Å²) >= 11 is 0.363. The van der Waals surface area contributed by atoms with Crippen LogP contribution in [0.15, 0.2) is 75.4 Å². The van der Waals surface area contributed by atoms with Crippen LogP contribution in [0.4, 0.5) is 36.4 Å². The lowest BCUT2D eigenvalue weighted by Gasteiger charge is -2.30. The number of rotatable bonds is 8. The van der Waals surface area contributed by atoms with Crippen LogP contribution in [0.1, 0.15) is 23.6 Å². The van der Waals surface area contributed by atoms with E-state index in [9.17, 15) is 43.9 Å². The molecular formula is C28H25F7N2O4S2. The monoisotopic (exact) mass is 650 g/mol. The van der Waals surface area contributed by atoms with Crippen molar-refractivity contribution < 1.29 is 48.7 Å². The van der Waals surface area contributed by atoms with E-state index in [0.29, 0.717) is 11.8 Å². The molecule has 4 rings (SSSR count). The molecule has 0 spiro atoms. The van der Waals surface area contributed by atoms with Crippen molar-refractivity contribution in [3.8, 4) is 0 Å². The van der Waals surface area contributed by atoms with E-state index >= 15 is 0 Å². The molecule has 0 radical (unpaired) electrons. The lowest BCUT2D eigenvalue weighted by Crippen LogP contribution is -2.43. The first-order valence-electron chi connectivity index (χ1n) is 12.8. The molecule has 1 heterocycles. The van der Waals surface area contributed by atoms with Crippen LogP contribution >= 0.6 is 11.8 Å². The maximum atomic E-state index is 14.3. The van der Waals surface area contributed by atoms with Gasteiger partial charge in [-0.1, -0.05) is 36.9 Å². The second kappa shape index (κ2) is 12.7. The van der Waals surface area contributed by atoms with E-state index < -0.39 is 72.9 Å². The highest BCUT2D eigenvalue weighted by molar-refractivity contribution is 7.99. The van der Waals surface area contributed by atoms with E-state index in [1.807, 2.05) is 0 Å². The number of amides is 1. The van der Waals surface area contributed by atoms with Crippen LogP contribution in [0.25, 0.3) is 0 Å². The number of ether oxygens (including phenoxy) is 1. The molecule has 1 fully saturated rings. The second-order valence-electron chi connectivity index (χ2n) is 9.70. The van der Waals surface area contributed by atoms with Crippen LogP contribution in [0.2, 0.25) is 0 Å². The molecule has 15 heteroatoms. The van der Waals surface area contributed by atoms with Gasteiger partial charge in [0.05, 0.1) is 29.2 Å². The minimum atomic E-state index is -5.42. The Hall–Kier alpha value is -3.30. The normalized spacial score (nSPS) is 15.3. The highest BCUT2D eigenvalue weighted by Gasteiger charge is 2.47. The van der Waals surface area contributed by atoms with E-state index in [2.05, 4.69) is 4.72 Å². The van der Waals surface area contributed by atoms with Gasteiger partial charge in [0.25, 0.3) is 10.0 Å². The Morgan fingerprint density at radius 2 is 1.60 bits per heavy atom. The summed E-state index contributed by atoms with van der Waals surface area (Å²) in [5, 5.41) is 0. The van der Waals surface area contributed by atoms with Gasteiger partial charge < -0.3 is 9.64 Å². The number of sulfonamides is 1. The van der Waals surface area contributed by atoms with Crippen LogP contribution in [-0.4, -0.2) is 45.5 Å². The summed E-state index contributed by atoms with van der Waals surface area (Å²) in [6.07, 6.45) is -11.4. The highest BCUT2D eigenvalue weighted by atomic mass is 32.2. The number of benzene rings is 3. The number of halogens is 7. The fourth-order valence-corrected chi connectivity index (χ4v) is 6.72. The molecule has 1 N–H and O–H groups in total. The molecule has 6 nitrogen and oxygen atoms in total. The van der Waals surface area contributed by atoms with Crippen molar-refractivity contribution >= 4 is 33.4 Å². The minimum absolute atomic E-state index is 0.00156. The lowest BCUT2D eigenvalue weighted by molar-refractivity contribution is -0.164. The van der Waals surface area contributed by atoms with Crippen LogP contribution in [0.5, 0.6) is 0 Å². The zero-order valence-electron chi connectivity index (χ0n) is 22.4. The molecule has 0 bridgehead atoms. The second-order valence-corrected chi connectivity index (χ2v) is 12.5.